The predicted molar refractivity (Wildman–Crippen MR) is 77.9 cm³/mol. The Morgan fingerprint density at radius 2 is 2.14 bits per heavy atom. The van der Waals surface area contributed by atoms with Crippen molar-refractivity contribution < 1.29 is 14.7 Å². The van der Waals surface area contributed by atoms with Crippen LogP contribution >= 0.6 is 0 Å². The quantitative estimate of drug-likeness (QED) is 0.844. The Labute approximate surface area is 122 Å². The fourth-order valence-corrected chi connectivity index (χ4v) is 2.14. The van der Waals surface area contributed by atoms with Crippen LogP contribution in [0.3, 0.4) is 0 Å². The molecular formula is C15H19N3O3. The molecule has 0 saturated heterocycles. The molecule has 1 amide bonds. The van der Waals surface area contributed by atoms with Gasteiger partial charge in [0.2, 0.25) is 5.91 Å². The second kappa shape index (κ2) is 6.39. The summed E-state index contributed by atoms with van der Waals surface area (Å²) in [7, 11) is 0. The molecular weight excluding hydrogens is 270 g/mol. The molecule has 0 aromatic carbocycles. The summed E-state index contributed by atoms with van der Waals surface area (Å²) in [4.78, 5) is 27.2. The first-order chi connectivity index (χ1) is 9.95. The molecule has 2 aromatic heterocycles. The Kier molecular flexibility index (Phi) is 4.57. The molecule has 1 atom stereocenters. The van der Waals surface area contributed by atoms with E-state index in [0.29, 0.717) is 5.69 Å². The normalized spacial score (nSPS) is 12.5. The molecule has 6 heteroatoms. The van der Waals surface area contributed by atoms with E-state index in [-0.39, 0.29) is 30.7 Å². The number of nitrogens with one attached hydrogen (secondary N) is 1. The van der Waals surface area contributed by atoms with Gasteiger partial charge in [0.15, 0.2) is 0 Å². The number of nitrogens with zero attached hydrogens (tertiary/aromatic N) is 2. The lowest BCUT2D eigenvalue weighted by Gasteiger charge is -2.20. The number of hydrogen-bond acceptors (Lipinski definition) is 3. The van der Waals surface area contributed by atoms with Crippen LogP contribution in [-0.4, -0.2) is 32.4 Å². The van der Waals surface area contributed by atoms with Crippen LogP contribution in [-0.2, 0) is 16.0 Å². The van der Waals surface area contributed by atoms with Gasteiger partial charge < -0.3 is 14.8 Å². The molecule has 2 aromatic rings. The lowest BCUT2D eigenvalue weighted by Crippen LogP contribution is -2.40. The van der Waals surface area contributed by atoms with Crippen LogP contribution in [0.15, 0.2) is 30.6 Å². The van der Waals surface area contributed by atoms with Gasteiger partial charge in [-0.1, -0.05) is 19.9 Å². The number of aliphatic carboxylic acids is 1. The maximum absolute atomic E-state index is 12.0. The summed E-state index contributed by atoms with van der Waals surface area (Å²) in [5, 5.41) is 11.6. The fourth-order valence-electron chi connectivity index (χ4n) is 2.14. The van der Waals surface area contributed by atoms with Gasteiger partial charge in [-0.15, -0.1) is 0 Å². The van der Waals surface area contributed by atoms with E-state index >= 15 is 0 Å². The largest absolute Gasteiger partial charge is 0.481 e. The van der Waals surface area contributed by atoms with Crippen LogP contribution in [0, 0.1) is 5.92 Å². The van der Waals surface area contributed by atoms with Crippen molar-refractivity contribution >= 4 is 17.5 Å². The fraction of sp³-hybridized carbons (Fsp3) is 0.400. The summed E-state index contributed by atoms with van der Waals surface area (Å²) < 4.78 is 1.85. The van der Waals surface area contributed by atoms with Gasteiger partial charge in [-0.25, -0.2) is 4.98 Å². The summed E-state index contributed by atoms with van der Waals surface area (Å²) in [5.41, 5.74) is 1.45. The van der Waals surface area contributed by atoms with Gasteiger partial charge in [0.25, 0.3) is 0 Å². The minimum atomic E-state index is -0.915. The van der Waals surface area contributed by atoms with Crippen LogP contribution in [0.4, 0.5) is 0 Å². The number of pyridine rings is 1. The van der Waals surface area contributed by atoms with Crippen molar-refractivity contribution in [3.63, 3.8) is 0 Å². The van der Waals surface area contributed by atoms with Crippen molar-refractivity contribution in [2.75, 3.05) is 0 Å². The molecule has 1 unspecified atom stereocenters. The van der Waals surface area contributed by atoms with Gasteiger partial charge >= 0.3 is 5.97 Å². The lowest BCUT2D eigenvalue weighted by atomic mass is 10.0. The summed E-state index contributed by atoms with van der Waals surface area (Å²) >= 11 is 0. The van der Waals surface area contributed by atoms with E-state index in [1.807, 2.05) is 42.6 Å². The zero-order valence-electron chi connectivity index (χ0n) is 12.1. The number of imidazole rings is 1. The first-order valence-electron chi connectivity index (χ1n) is 6.89. The second-order valence-electron chi connectivity index (χ2n) is 5.39. The molecule has 0 aliphatic rings. The number of carbonyl (C=O) groups excluding carboxylic acids is 1. The highest BCUT2D eigenvalue weighted by Crippen LogP contribution is 2.08. The maximum atomic E-state index is 12.0. The minimum absolute atomic E-state index is 0.0612. The van der Waals surface area contributed by atoms with Gasteiger partial charge in [-0.3, -0.25) is 9.59 Å². The Balaban J connectivity index is 2.01. The van der Waals surface area contributed by atoms with Crippen molar-refractivity contribution in [3.05, 3.63) is 36.3 Å². The molecule has 112 valence electrons. The summed E-state index contributed by atoms with van der Waals surface area (Å²) in [6, 6.07) is 5.27. The number of carboxylic acids is 1. The molecule has 0 spiro atoms. The van der Waals surface area contributed by atoms with Crippen LogP contribution < -0.4 is 5.32 Å². The third-order valence-electron chi connectivity index (χ3n) is 3.30. The maximum Gasteiger partial charge on any atom is 0.305 e. The van der Waals surface area contributed by atoms with Gasteiger partial charge in [0, 0.05) is 18.4 Å². The number of rotatable bonds is 6. The first kappa shape index (κ1) is 15.0. The molecule has 2 N–H and O–H groups in total. The highest BCUT2D eigenvalue weighted by atomic mass is 16.4. The number of carboxylic acid groups (broad SMARTS) is 1. The molecule has 6 nitrogen and oxygen atoms in total. The van der Waals surface area contributed by atoms with Gasteiger partial charge in [0.1, 0.15) is 5.65 Å². The zero-order chi connectivity index (χ0) is 15.4. The highest BCUT2D eigenvalue weighted by molar-refractivity contribution is 5.79. The predicted octanol–water partition coefficient (Wildman–Crippen LogP) is 1.49. The van der Waals surface area contributed by atoms with E-state index < -0.39 is 5.97 Å². The number of amides is 1. The van der Waals surface area contributed by atoms with Crippen molar-refractivity contribution in [2.45, 2.75) is 32.7 Å². The monoisotopic (exact) mass is 289 g/mol. The molecule has 0 fully saturated rings. The van der Waals surface area contributed by atoms with E-state index in [1.165, 1.54) is 0 Å². The molecule has 21 heavy (non-hydrogen) atoms. The summed E-state index contributed by atoms with van der Waals surface area (Å²) in [6.45, 7) is 3.78. The highest BCUT2D eigenvalue weighted by Gasteiger charge is 2.19. The van der Waals surface area contributed by atoms with Gasteiger partial charge in [-0.05, 0) is 18.1 Å². The van der Waals surface area contributed by atoms with E-state index in [1.54, 1.807) is 6.20 Å². The van der Waals surface area contributed by atoms with Gasteiger partial charge in [0.05, 0.1) is 18.5 Å². The Morgan fingerprint density at radius 3 is 2.76 bits per heavy atom. The van der Waals surface area contributed by atoms with Gasteiger partial charge in [-0.2, -0.15) is 0 Å². The average molecular weight is 289 g/mol. The van der Waals surface area contributed by atoms with Crippen LogP contribution in [0.1, 0.15) is 26.0 Å². The topological polar surface area (TPSA) is 83.7 Å². The van der Waals surface area contributed by atoms with Crippen molar-refractivity contribution in [1.29, 1.82) is 0 Å². The SMILES string of the molecule is CC(C)C(CC(=O)O)NC(=O)Cc1cn2ccccc2n1. The van der Waals surface area contributed by atoms with Crippen molar-refractivity contribution in [2.24, 2.45) is 5.92 Å². The zero-order valence-corrected chi connectivity index (χ0v) is 12.1. The van der Waals surface area contributed by atoms with E-state index in [4.69, 9.17) is 5.11 Å². The van der Waals surface area contributed by atoms with E-state index in [9.17, 15) is 9.59 Å². The average Bonchev–Trinajstić information content (AvgIpc) is 2.79. The molecule has 0 bridgehead atoms. The Hall–Kier alpha value is -2.37. The summed E-state index contributed by atoms with van der Waals surface area (Å²) in [6.07, 6.45) is 3.74. The van der Waals surface area contributed by atoms with E-state index in [0.717, 1.165) is 5.65 Å². The van der Waals surface area contributed by atoms with Crippen molar-refractivity contribution in [3.8, 4) is 0 Å². The van der Waals surface area contributed by atoms with Crippen LogP contribution in [0.25, 0.3) is 5.65 Å². The molecule has 0 aliphatic heterocycles. The Morgan fingerprint density at radius 1 is 1.38 bits per heavy atom. The van der Waals surface area contributed by atoms with E-state index in [2.05, 4.69) is 10.3 Å². The van der Waals surface area contributed by atoms with Crippen LogP contribution in [0.5, 0.6) is 0 Å². The first-order valence-corrected chi connectivity index (χ1v) is 6.89. The van der Waals surface area contributed by atoms with Crippen molar-refractivity contribution in [1.82, 2.24) is 14.7 Å². The minimum Gasteiger partial charge on any atom is -0.481 e. The second-order valence-corrected chi connectivity index (χ2v) is 5.39. The molecule has 2 heterocycles. The summed E-state index contributed by atoms with van der Waals surface area (Å²) in [5.74, 6) is -1.06. The molecule has 0 aliphatic carbocycles. The van der Waals surface area contributed by atoms with Crippen LogP contribution in [0.2, 0.25) is 0 Å². The molecule has 0 saturated carbocycles. The number of aromatic nitrogens is 2. The lowest BCUT2D eigenvalue weighted by molar-refractivity contribution is -0.138. The number of hydrogen-bond donors (Lipinski definition) is 2. The smallest absolute Gasteiger partial charge is 0.305 e. The number of fused-ring (bicyclic) bond motifs is 1. The standard InChI is InChI=1S/C15H19N3O3/c1-10(2)12(8-15(20)21)17-14(19)7-11-9-18-6-4-3-5-13(18)16-11/h3-6,9-10,12H,7-8H2,1-2H3,(H,17,19)(H,20,21). The Bertz CT molecular complexity index is 615. The molecule has 0 radical (unpaired) electrons. The number of carbonyl (C=O) groups is 2. The third kappa shape index (κ3) is 4.05. The molecule has 2 rings (SSSR count). The third-order valence-corrected chi connectivity index (χ3v) is 3.30.